The summed E-state index contributed by atoms with van der Waals surface area (Å²) in [5, 5.41) is 11.9. The van der Waals surface area contributed by atoms with Gasteiger partial charge in [-0.05, 0) is 36.4 Å². The predicted octanol–water partition coefficient (Wildman–Crippen LogP) is 1.77. The van der Waals surface area contributed by atoms with Crippen molar-refractivity contribution in [1.82, 2.24) is 9.78 Å². The first-order valence-corrected chi connectivity index (χ1v) is 8.53. The molecule has 1 amide bonds. The van der Waals surface area contributed by atoms with Crippen LogP contribution < -0.4 is 10.5 Å². The summed E-state index contributed by atoms with van der Waals surface area (Å²) in [6.45, 7) is 0. The second-order valence-electron chi connectivity index (χ2n) is 5.01. The van der Waals surface area contributed by atoms with E-state index in [0.29, 0.717) is 5.69 Å². The van der Waals surface area contributed by atoms with Gasteiger partial charge in [0.25, 0.3) is 5.91 Å². The molecule has 122 valence electrons. The molecule has 0 radical (unpaired) electrons. The second kappa shape index (κ2) is 6.26. The molecule has 24 heavy (non-hydrogen) atoms. The Bertz CT molecular complexity index is 981. The zero-order chi connectivity index (χ0) is 17.2. The average Bonchev–Trinajstić information content (AvgIpc) is 3.05. The number of nitrogens with zero attached hydrogens (tertiary/aromatic N) is 2. The number of primary sulfonamides is 1. The van der Waals surface area contributed by atoms with E-state index in [1.807, 2.05) is 30.3 Å². The first kappa shape index (κ1) is 15.9. The molecule has 0 aliphatic heterocycles. The van der Waals surface area contributed by atoms with Crippen molar-refractivity contribution in [3.63, 3.8) is 0 Å². The Kier molecular flexibility index (Phi) is 4.15. The molecule has 0 bridgehead atoms. The summed E-state index contributed by atoms with van der Waals surface area (Å²) in [4.78, 5) is 12.2. The van der Waals surface area contributed by atoms with E-state index in [1.54, 1.807) is 23.0 Å². The van der Waals surface area contributed by atoms with Crippen molar-refractivity contribution < 1.29 is 13.2 Å². The summed E-state index contributed by atoms with van der Waals surface area (Å²) >= 11 is 0. The molecule has 3 N–H and O–H groups in total. The number of nitrogens with two attached hydrogens (primary N) is 1. The van der Waals surface area contributed by atoms with Crippen LogP contribution in [0.4, 0.5) is 5.69 Å². The van der Waals surface area contributed by atoms with E-state index < -0.39 is 15.9 Å². The first-order valence-electron chi connectivity index (χ1n) is 6.99. The number of hydrogen-bond acceptors (Lipinski definition) is 4. The van der Waals surface area contributed by atoms with Gasteiger partial charge in [-0.3, -0.25) is 4.79 Å². The van der Waals surface area contributed by atoms with Crippen LogP contribution in [-0.4, -0.2) is 24.1 Å². The lowest BCUT2D eigenvalue weighted by Gasteiger charge is -2.05. The predicted molar refractivity (Wildman–Crippen MR) is 89.3 cm³/mol. The fourth-order valence-corrected chi connectivity index (χ4v) is 2.68. The van der Waals surface area contributed by atoms with Gasteiger partial charge in [-0.15, -0.1) is 0 Å². The van der Waals surface area contributed by atoms with E-state index in [2.05, 4.69) is 10.4 Å². The minimum absolute atomic E-state index is 0.0740. The molecular formula is C16H14N4O3S. The standard InChI is InChI=1S/C16H14N4O3S/c17-24(22,23)14-8-4-5-12(11-14)18-16(21)15-9-10-20(19-15)13-6-2-1-3-7-13/h1-11H,(H,18,21)(H2,17,22,23). The van der Waals surface area contributed by atoms with Crippen LogP contribution in [0.25, 0.3) is 5.69 Å². The largest absolute Gasteiger partial charge is 0.321 e. The number of carbonyl (C=O) groups excluding carboxylic acids is 1. The highest BCUT2D eigenvalue weighted by Crippen LogP contribution is 2.15. The van der Waals surface area contributed by atoms with Gasteiger partial charge in [0.05, 0.1) is 10.6 Å². The fraction of sp³-hybridized carbons (Fsp3) is 0. The maximum atomic E-state index is 12.3. The highest BCUT2D eigenvalue weighted by Gasteiger charge is 2.13. The Morgan fingerprint density at radius 3 is 2.50 bits per heavy atom. The SMILES string of the molecule is NS(=O)(=O)c1cccc(NC(=O)c2ccn(-c3ccccc3)n2)c1. The molecule has 0 spiro atoms. The lowest BCUT2D eigenvalue weighted by Crippen LogP contribution is -2.15. The maximum absolute atomic E-state index is 12.3. The normalized spacial score (nSPS) is 11.2. The third kappa shape index (κ3) is 3.50. The van der Waals surface area contributed by atoms with Gasteiger partial charge >= 0.3 is 0 Å². The number of carbonyl (C=O) groups is 1. The van der Waals surface area contributed by atoms with Crippen LogP contribution in [-0.2, 0) is 10.0 Å². The van der Waals surface area contributed by atoms with E-state index in [4.69, 9.17) is 5.14 Å². The molecular weight excluding hydrogens is 328 g/mol. The lowest BCUT2D eigenvalue weighted by atomic mass is 10.3. The number of nitrogens with one attached hydrogen (secondary N) is 1. The van der Waals surface area contributed by atoms with Gasteiger partial charge in [0.1, 0.15) is 0 Å². The summed E-state index contributed by atoms with van der Waals surface area (Å²) in [5.41, 5.74) is 1.36. The van der Waals surface area contributed by atoms with E-state index in [9.17, 15) is 13.2 Å². The zero-order valence-corrected chi connectivity index (χ0v) is 13.3. The summed E-state index contributed by atoms with van der Waals surface area (Å²) in [7, 11) is -3.83. The maximum Gasteiger partial charge on any atom is 0.276 e. The van der Waals surface area contributed by atoms with Crippen LogP contribution >= 0.6 is 0 Å². The monoisotopic (exact) mass is 342 g/mol. The number of anilines is 1. The van der Waals surface area contributed by atoms with Crippen LogP contribution in [0.15, 0.2) is 71.8 Å². The number of rotatable bonds is 4. The Morgan fingerprint density at radius 2 is 1.79 bits per heavy atom. The molecule has 1 heterocycles. The lowest BCUT2D eigenvalue weighted by molar-refractivity contribution is 0.102. The molecule has 0 atom stereocenters. The molecule has 0 fully saturated rings. The Morgan fingerprint density at radius 1 is 1.04 bits per heavy atom. The molecule has 7 nitrogen and oxygen atoms in total. The summed E-state index contributed by atoms with van der Waals surface area (Å²) in [5.74, 6) is -0.448. The van der Waals surface area contributed by atoms with Crippen molar-refractivity contribution in [1.29, 1.82) is 0 Å². The third-order valence-corrected chi connectivity index (χ3v) is 4.17. The molecule has 0 saturated heterocycles. The number of benzene rings is 2. The van der Waals surface area contributed by atoms with Crippen LogP contribution in [0.5, 0.6) is 0 Å². The smallest absolute Gasteiger partial charge is 0.276 e. The van der Waals surface area contributed by atoms with E-state index >= 15 is 0 Å². The van der Waals surface area contributed by atoms with Crippen LogP contribution in [0, 0.1) is 0 Å². The van der Waals surface area contributed by atoms with Crippen molar-refractivity contribution in [3.8, 4) is 5.69 Å². The molecule has 3 rings (SSSR count). The number of amides is 1. The molecule has 0 saturated carbocycles. The quantitative estimate of drug-likeness (QED) is 0.753. The molecule has 2 aromatic carbocycles. The van der Waals surface area contributed by atoms with Gasteiger partial charge < -0.3 is 5.32 Å². The van der Waals surface area contributed by atoms with Gasteiger partial charge in [0.2, 0.25) is 10.0 Å². The van der Waals surface area contributed by atoms with Crippen LogP contribution in [0.1, 0.15) is 10.5 Å². The fourth-order valence-electron chi connectivity index (χ4n) is 2.12. The highest BCUT2D eigenvalue weighted by atomic mass is 32.2. The molecule has 0 aliphatic rings. The summed E-state index contributed by atoms with van der Waals surface area (Å²) in [6, 6.07) is 16.7. The van der Waals surface area contributed by atoms with Gasteiger partial charge in [-0.2, -0.15) is 5.10 Å². The Balaban J connectivity index is 1.80. The zero-order valence-electron chi connectivity index (χ0n) is 12.5. The van der Waals surface area contributed by atoms with Crippen LogP contribution in [0.2, 0.25) is 0 Å². The highest BCUT2D eigenvalue weighted by molar-refractivity contribution is 7.89. The van der Waals surface area contributed by atoms with Crippen molar-refractivity contribution in [2.45, 2.75) is 4.90 Å². The van der Waals surface area contributed by atoms with Crippen molar-refractivity contribution in [2.75, 3.05) is 5.32 Å². The minimum atomic E-state index is -3.83. The van der Waals surface area contributed by atoms with Gasteiger partial charge in [-0.1, -0.05) is 24.3 Å². The molecule has 0 aliphatic carbocycles. The summed E-state index contributed by atoms with van der Waals surface area (Å²) in [6.07, 6.45) is 1.67. The van der Waals surface area contributed by atoms with E-state index in [1.165, 1.54) is 18.2 Å². The number of sulfonamides is 1. The minimum Gasteiger partial charge on any atom is -0.321 e. The van der Waals surface area contributed by atoms with Gasteiger partial charge in [0, 0.05) is 11.9 Å². The van der Waals surface area contributed by atoms with Gasteiger partial charge in [0.15, 0.2) is 5.69 Å². The average molecular weight is 342 g/mol. The third-order valence-electron chi connectivity index (χ3n) is 3.26. The Hall–Kier alpha value is -2.97. The number of para-hydroxylation sites is 1. The Labute approximate surface area is 138 Å². The molecule has 3 aromatic rings. The first-order chi connectivity index (χ1) is 11.4. The number of hydrogen-bond donors (Lipinski definition) is 2. The van der Waals surface area contributed by atoms with Crippen molar-refractivity contribution >= 4 is 21.6 Å². The molecule has 0 unspecified atom stereocenters. The number of aromatic nitrogens is 2. The van der Waals surface area contributed by atoms with E-state index in [0.717, 1.165) is 5.69 Å². The summed E-state index contributed by atoms with van der Waals surface area (Å²) < 4.78 is 24.3. The van der Waals surface area contributed by atoms with Crippen molar-refractivity contribution in [3.05, 3.63) is 72.6 Å². The van der Waals surface area contributed by atoms with Crippen molar-refractivity contribution in [2.24, 2.45) is 5.14 Å². The van der Waals surface area contributed by atoms with E-state index in [-0.39, 0.29) is 10.6 Å². The van der Waals surface area contributed by atoms with Gasteiger partial charge in [-0.25, -0.2) is 18.2 Å². The van der Waals surface area contributed by atoms with Crippen LogP contribution in [0.3, 0.4) is 0 Å². The molecule has 8 heteroatoms. The topological polar surface area (TPSA) is 107 Å². The second-order valence-corrected chi connectivity index (χ2v) is 6.57. The molecule has 1 aromatic heterocycles.